The van der Waals surface area contributed by atoms with Crippen LogP contribution in [0, 0.1) is 41.3 Å². The van der Waals surface area contributed by atoms with Crippen molar-refractivity contribution in [3.05, 3.63) is 0 Å². The van der Waals surface area contributed by atoms with Gasteiger partial charge in [-0.1, -0.05) is 0 Å². The van der Waals surface area contributed by atoms with Gasteiger partial charge < -0.3 is 31.4 Å². The third kappa shape index (κ3) is 17.9. The van der Waals surface area contributed by atoms with Crippen molar-refractivity contribution in [1.82, 2.24) is 6.15 Å². The fraction of sp³-hybridized carbons (Fsp3) is 0. The molecule has 0 amide bonds. The summed E-state index contributed by atoms with van der Waals surface area (Å²) in [6, 6.07) is 0. The van der Waals surface area contributed by atoms with Gasteiger partial charge in [0, 0.05) is 0 Å². The molecule has 0 spiro atoms. The van der Waals surface area contributed by atoms with Crippen LogP contribution < -0.4 is 16.4 Å². The fourth-order valence-corrected chi connectivity index (χ4v) is 0. The van der Waals surface area contributed by atoms with Crippen LogP contribution in [0.1, 0.15) is 0 Å². The minimum absolute atomic E-state index is 0. The van der Waals surface area contributed by atoms with Gasteiger partial charge in [-0.2, -0.15) is 0 Å². The van der Waals surface area contributed by atoms with E-state index in [0.717, 1.165) is 0 Å². The second-order valence-electron chi connectivity index (χ2n) is 0.575. The normalized spacial score (nSPS) is 4.89. The number of hydrogen-bond donors (Lipinski definition) is 1. The van der Waals surface area contributed by atoms with Gasteiger partial charge in [0.15, 0.2) is 0 Å². The van der Waals surface area contributed by atoms with Crippen molar-refractivity contribution in [3.63, 3.8) is 0 Å². The van der Waals surface area contributed by atoms with E-state index in [1.54, 1.807) is 0 Å². The summed E-state index contributed by atoms with van der Waals surface area (Å²) in [7, 11) is 0. The van der Waals surface area contributed by atoms with E-state index in [0.29, 0.717) is 0 Å². The zero-order chi connectivity index (χ0) is 5.15. The maximum Gasteiger partial charge on any atom is 3.00 e. The van der Waals surface area contributed by atoms with Crippen LogP contribution in [0.4, 0.5) is 0 Å². The predicted octanol–water partition coefficient (Wildman–Crippen LogP) is -3.96. The predicted molar refractivity (Wildman–Crippen MR) is 19.6 cm³/mol. The molecule has 0 saturated carbocycles. The Morgan fingerprint density at radius 1 is 1.00 bits per heavy atom. The molecule has 0 aliphatic heterocycles. The minimum atomic E-state index is -2.19. The summed E-state index contributed by atoms with van der Waals surface area (Å²) in [5.74, 6) is -4.37. The first kappa shape index (κ1) is 22.9. The maximum absolute atomic E-state index is 8.93. The standard InChI is InChI=1S/C2H2O4.H3N.H2O.Pr/c3-1(4)2(5)6;;;/h(H,3,4)(H,5,6);1H3;1H2;/q;;;+3/p-1. The molecule has 0 aromatic heterocycles. The molecule has 0 atom stereocenters. The molecular formula is C2H6NO5Pr+2. The van der Waals surface area contributed by atoms with E-state index in [-0.39, 0.29) is 52.9 Å². The molecule has 7 heteroatoms. The van der Waals surface area contributed by atoms with Crippen LogP contribution in [0.3, 0.4) is 0 Å². The van der Waals surface area contributed by atoms with E-state index < -0.39 is 11.9 Å². The SMILES string of the molecule is O.O=C([O-])C(=O)[O-].[NH4+].[Pr+3]. The van der Waals surface area contributed by atoms with E-state index in [4.69, 9.17) is 19.8 Å². The summed E-state index contributed by atoms with van der Waals surface area (Å²) in [5, 5.41) is 17.9. The third-order valence-electron chi connectivity index (χ3n) is 0.167. The van der Waals surface area contributed by atoms with E-state index in [2.05, 4.69) is 0 Å². The molecule has 0 bridgehead atoms. The van der Waals surface area contributed by atoms with Gasteiger partial charge in [0.2, 0.25) is 0 Å². The summed E-state index contributed by atoms with van der Waals surface area (Å²) < 4.78 is 0. The number of carboxylic acids is 2. The van der Waals surface area contributed by atoms with E-state index in [1.165, 1.54) is 0 Å². The van der Waals surface area contributed by atoms with Crippen LogP contribution in [0.25, 0.3) is 0 Å². The molecule has 50 valence electrons. The van der Waals surface area contributed by atoms with Crippen LogP contribution in [0.5, 0.6) is 0 Å². The first-order valence-corrected chi connectivity index (χ1v) is 1.07. The van der Waals surface area contributed by atoms with Gasteiger partial charge in [-0.25, -0.2) is 0 Å². The summed E-state index contributed by atoms with van der Waals surface area (Å²) in [6.45, 7) is 0. The quantitative estimate of drug-likeness (QED) is 0.444. The van der Waals surface area contributed by atoms with Gasteiger partial charge in [-0.15, -0.1) is 0 Å². The van der Waals surface area contributed by atoms with Crippen LogP contribution in [-0.2, 0) is 9.59 Å². The molecule has 0 unspecified atom stereocenters. The maximum atomic E-state index is 8.93. The van der Waals surface area contributed by atoms with E-state index in [9.17, 15) is 0 Å². The summed E-state index contributed by atoms with van der Waals surface area (Å²) in [5.41, 5.74) is 0. The summed E-state index contributed by atoms with van der Waals surface area (Å²) in [4.78, 5) is 17.9. The van der Waals surface area contributed by atoms with Crippen LogP contribution in [0.15, 0.2) is 0 Å². The van der Waals surface area contributed by atoms with Crippen LogP contribution in [-0.4, -0.2) is 17.4 Å². The van der Waals surface area contributed by atoms with Crippen molar-refractivity contribution in [2.24, 2.45) is 0 Å². The Kier molecular flexibility index (Phi) is 28.1. The zero-order valence-corrected chi connectivity index (χ0v) is 8.41. The van der Waals surface area contributed by atoms with Crippen LogP contribution >= 0.6 is 0 Å². The number of hydrogen-bond acceptors (Lipinski definition) is 4. The first-order valence-electron chi connectivity index (χ1n) is 1.07. The van der Waals surface area contributed by atoms with Crippen molar-refractivity contribution in [1.29, 1.82) is 0 Å². The molecule has 0 radical (unpaired) electrons. The number of carbonyl (C=O) groups excluding carboxylic acids is 2. The Balaban J connectivity index is -0.0000000417. The third-order valence-corrected chi connectivity index (χ3v) is 0.167. The number of rotatable bonds is 0. The molecule has 0 rings (SSSR count). The second-order valence-corrected chi connectivity index (χ2v) is 0.575. The Morgan fingerprint density at radius 2 is 1.11 bits per heavy atom. The Hall–Kier alpha value is 0.224. The Labute approximate surface area is 84.1 Å². The molecule has 0 fully saturated rings. The summed E-state index contributed by atoms with van der Waals surface area (Å²) >= 11 is 0. The van der Waals surface area contributed by atoms with Crippen molar-refractivity contribution in [2.45, 2.75) is 0 Å². The molecular weight excluding hydrogens is 259 g/mol. The second kappa shape index (κ2) is 11.1. The topological polar surface area (TPSA) is 148 Å². The number of quaternary nitrogens is 1. The van der Waals surface area contributed by atoms with Gasteiger partial charge in [0.25, 0.3) is 0 Å². The molecule has 0 saturated heterocycles. The van der Waals surface area contributed by atoms with Crippen molar-refractivity contribution >= 4 is 11.9 Å². The smallest absolute Gasteiger partial charge is 0.543 e. The molecule has 0 aromatic rings. The molecule has 0 aliphatic rings. The Bertz CT molecular complexity index is 81.0. The van der Waals surface area contributed by atoms with Crippen molar-refractivity contribution < 1.29 is 66.6 Å². The minimum Gasteiger partial charge on any atom is -0.543 e. The molecule has 9 heavy (non-hydrogen) atoms. The van der Waals surface area contributed by atoms with Crippen molar-refractivity contribution in [2.75, 3.05) is 0 Å². The van der Waals surface area contributed by atoms with Crippen LogP contribution in [0.2, 0.25) is 0 Å². The van der Waals surface area contributed by atoms with Gasteiger partial charge in [-0.3, -0.25) is 0 Å². The van der Waals surface area contributed by atoms with Gasteiger partial charge in [0.1, 0.15) is 0 Å². The molecule has 0 aromatic carbocycles. The van der Waals surface area contributed by atoms with Gasteiger partial charge in [0.05, 0.1) is 11.9 Å². The van der Waals surface area contributed by atoms with E-state index in [1.807, 2.05) is 0 Å². The molecule has 0 heterocycles. The van der Waals surface area contributed by atoms with Gasteiger partial charge >= 0.3 is 41.3 Å². The Morgan fingerprint density at radius 3 is 1.11 bits per heavy atom. The largest absolute Gasteiger partial charge is 3.00 e. The molecule has 6 nitrogen and oxygen atoms in total. The molecule has 0 aliphatic carbocycles. The fourth-order valence-electron chi connectivity index (χ4n) is 0. The monoisotopic (exact) mass is 265 g/mol. The molecule has 6 N–H and O–H groups in total. The number of aliphatic carboxylic acids is 2. The average molecular weight is 265 g/mol. The van der Waals surface area contributed by atoms with Gasteiger partial charge in [-0.05, 0) is 0 Å². The summed E-state index contributed by atoms with van der Waals surface area (Å²) in [6.07, 6.45) is 0. The first-order chi connectivity index (χ1) is 2.64. The number of carboxylic acid groups (broad SMARTS) is 2. The number of carbonyl (C=O) groups is 2. The van der Waals surface area contributed by atoms with E-state index >= 15 is 0 Å². The van der Waals surface area contributed by atoms with Crippen molar-refractivity contribution in [3.8, 4) is 0 Å². The average Bonchev–Trinajstić information content (AvgIpc) is 1.36. The zero-order valence-electron chi connectivity index (χ0n) is 4.71.